The van der Waals surface area contributed by atoms with Crippen LogP contribution in [0.3, 0.4) is 0 Å². The van der Waals surface area contributed by atoms with E-state index in [2.05, 4.69) is 44.7 Å². The van der Waals surface area contributed by atoms with E-state index in [-0.39, 0.29) is 12.3 Å². The average molecular weight is 418 g/mol. The van der Waals surface area contributed by atoms with Gasteiger partial charge in [0.15, 0.2) is 10.8 Å². The number of anilines is 1. The van der Waals surface area contributed by atoms with Gasteiger partial charge in [-0.05, 0) is 26.0 Å². The molecule has 1 amide bonds. The van der Waals surface area contributed by atoms with E-state index in [0.29, 0.717) is 18.8 Å². The summed E-state index contributed by atoms with van der Waals surface area (Å²) < 4.78 is 6.92. The van der Waals surface area contributed by atoms with Crippen molar-refractivity contribution < 1.29 is 9.32 Å². The molecule has 2 N–H and O–H groups in total. The summed E-state index contributed by atoms with van der Waals surface area (Å²) in [5, 5.41) is 16.2. The molecule has 0 atom stereocenters. The molecule has 0 aliphatic rings. The van der Waals surface area contributed by atoms with Crippen molar-refractivity contribution in [1.82, 2.24) is 30.2 Å². The van der Waals surface area contributed by atoms with Gasteiger partial charge in [-0.1, -0.05) is 30.8 Å². The Labute approximate surface area is 174 Å². The summed E-state index contributed by atoms with van der Waals surface area (Å²) in [6.07, 6.45) is 3.04. The second-order valence-corrected chi connectivity index (χ2v) is 7.88. The molecule has 0 bridgehead atoms. The number of amides is 1. The lowest BCUT2D eigenvalue weighted by Gasteiger charge is -2.09. The molecule has 0 radical (unpaired) electrons. The van der Waals surface area contributed by atoms with Gasteiger partial charge in [0.2, 0.25) is 5.91 Å². The first-order valence-corrected chi connectivity index (χ1v) is 10.8. The van der Waals surface area contributed by atoms with Gasteiger partial charge in [0, 0.05) is 18.7 Å². The number of carbonyl (C=O) groups is 1. The van der Waals surface area contributed by atoms with Crippen LogP contribution in [0.25, 0.3) is 11.0 Å². The molecule has 156 valence electrons. The minimum atomic E-state index is -0.0713. The maximum Gasteiger partial charge on any atom is 0.224 e. The van der Waals surface area contributed by atoms with Gasteiger partial charge < -0.3 is 15.2 Å². The van der Waals surface area contributed by atoms with Gasteiger partial charge in [0.25, 0.3) is 0 Å². The molecule has 0 aliphatic carbocycles. The van der Waals surface area contributed by atoms with Crippen LogP contribution in [0.1, 0.15) is 37.3 Å². The van der Waals surface area contributed by atoms with Gasteiger partial charge in [-0.3, -0.25) is 4.79 Å². The molecule has 0 unspecified atom stereocenters. The number of aromatic nitrogens is 5. The minimum Gasteiger partial charge on any atom is -0.369 e. The summed E-state index contributed by atoms with van der Waals surface area (Å²) in [5.74, 6) is 2.31. The molecule has 0 saturated carbocycles. The largest absolute Gasteiger partial charge is 0.369 e. The Morgan fingerprint density at radius 1 is 1.24 bits per heavy atom. The van der Waals surface area contributed by atoms with Gasteiger partial charge in [0.05, 0.1) is 30.2 Å². The molecule has 9 nitrogen and oxygen atoms in total. The molecular weight excluding hydrogens is 390 g/mol. The molecule has 3 heterocycles. The van der Waals surface area contributed by atoms with E-state index in [0.717, 1.165) is 52.0 Å². The Balaban J connectivity index is 1.68. The standard InChI is InChI=1S/C19H27N7O2S/c1-5-7-21-17-15-11-22-26(18(15)24-19(23-17)29-6-2)9-8-20-16(27)10-14-12(3)25-28-13(14)4/h11H,5-10H2,1-4H3,(H,20,27)(H,21,23,24). The van der Waals surface area contributed by atoms with E-state index >= 15 is 0 Å². The van der Waals surface area contributed by atoms with E-state index < -0.39 is 0 Å². The number of hydrogen-bond acceptors (Lipinski definition) is 8. The third-order valence-electron chi connectivity index (χ3n) is 4.46. The molecule has 0 aliphatic heterocycles. The van der Waals surface area contributed by atoms with Crippen molar-refractivity contribution in [3.63, 3.8) is 0 Å². The van der Waals surface area contributed by atoms with Crippen molar-refractivity contribution in [2.24, 2.45) is 0 Å². The van der Waals surface area contributed by atoms with Crippen LogP contribution in [0.5, 0.6) is 0 Å². The maximum absolute atomic E-state index is 12.3. The number of nitrogens with zero attached hydrogens (tertiary/aromatic N) is 5. The molecule has 0 saturated heterocycles. The molecule has 3 aromatic heterocycles. The zero-order chi connectivity index (χ0) is 20.8. The Kier molecular flexibility index (Phi) is 7.08. The maximum atomic E-state index is 12.3. The summed E-state index contributed by atoms with van der Waals surface area (Å²) in [5.41, 5.74) is 2.36. The molecule has 10 heteroatoms. The zero-order valence-corrected chi connectivity index (χ0v) is 18.1. The van der Waals surface area contributed by atoms with Gasteiger partial charge >= 0.3 is 0 Å². The van der Waals surface area contributed by atoms with Crippen LogP contribution in [0.2, 0.25) is 0 Å². The third-order valence-corrected chi connectivity index (χ3v) is 5.19. The summed E-state index contributed by atoms with van der Waals surface area (Å²) in [6, 6.07) is 0. The SMILES string of the molecule is CCCNc1nc(SCC)nc2c1cnn2CCNC(=O)Cc1c(C)noc1C. The predicted octanol–water partition coefficient (Wildman–Crippen LogP) is 2.72. The van der Waals surface area contributed by atoms with Crippen LogP contribution < -0.4 is 10.6 Å². The van der Waals surface area contributed by atoms with Crippen LogP contribution in [0, 0.1) is 13.8 Å². The van der Waals surface area contributed by atoms with E-state index in [1.54, 1.807) is 18.0 Å². The smallest absolute Gasteiger partial charge is 0.224 e. The van der Waals surface area contributed by atoms with Crippen LogP contribution in [0.4, 0.5) is 5.82 Å². The molecule has 3 rings (SSSR count). The zero-order valence-electron chi connectivity index (χ0n) is 17.3. The highest BCUT2D eigenvalue weighted by Gasteiger charge is 2.15. The predicted molar refractivity (Wildman–Crippen MR) is 113 cm³/mol. The lowest BCUT2D eigenvalue weighted by molar-refractivity contribution is -0.120. The van der Waals surface area contributed by atoms with Crippen LogP contribution >= 0.6 is 11.8 Å². The van der Waals surface area contributed by atoms with Crippen molar-refractivity contribution >= 4 is 34.5 Å². The number of carbonyl (C=O) groups excluding carboxylic acids is 1. The summed E-state index contributed by atoms with van der Waals surface area (Å²) in [7, 11) is 0. The fourth-order valence-corrected chi connectivity index (χ4v) is 3.51. The highest BCUT2D eigenvalue weighted by molar-refractivity contribution is 7.99. The highest BCUT2D eigenvalue weighted by atomic mass is 32.2. The molecule has 3 aromatic rings. The molecule has 0 spiro atoms. The molecular formula is C19H27N7O2S. The third kappa shape index (κ3) is 5.06. The van der Waals surface area contributed by atoms with E-state index in [9.17, 15) is 4.79 Å². The van der Waals surface area contributed by atoms with Gasteiger partial charge in [-0.25, -0.2) is 14.6 Å². The van der Waals surface area contributed by atoms with Crippen LogP contribution in [-0.2, 0) is 17.8 Å². The lowest BCUT2D eigenvalue weighted by atomic mass is 10.1. The Hall–Kier alpha value is -2.62. The number of rotatable bonds is 10. The van der Waals surface area contributed by atoms with Crippen molar-refractivity contribution in [3.8, 4) is 0 Å². The van der Waals surface area contributed by atoms with E-state index in [1.165, 1.54) is 0 Å². The topological polar surface area (TPSA) is 111 Å². The number of thioether (sulfide) groups is 1. The fraction of sp³-hybridized carbons (Fsp3) is 0.526. The van der Waals surface area contributed by atoms with Crippen LogP contribution in [0.15, 0.2) is 15.9 Å². The Morgan fingerprint density at radius 3 is 2.76 bits per heavy atom. The molecule has 0 aromatic carbocycles. The number of hydrogen-bond donors (Lipinski definition) is 2. The monoisotopic (exact) mass is 417 g/mol. The first-order valence-electron chi connectivity index (χ1n) is 9.82. The highest BCUT2D eigenvalue weighted by Crippen LogP contribution is 2.24. The number of nitrogens with one attached hydrogen (secondary N) is 2. The lowest BCUT2D eigenvalue weighted by Crippen LogP contribution is -2.29. The summed E-state index contributed by atoms with van der Waals surface area (Å²) in [4.78, 5) is 21.5. The first-order chi connectivity index (χ1) is 14.0. The Bertz CT molecular complexity index is 963. The van der Waals surface area contributed by atoms with Crippen molar-refractivity contribution in [3.05, 3.63) is 23.2 Å². The van der Waals surface area contributed by atoms with Crippen molar-refractivity contribution in [1.29, 1.82) is 0 Å². The summed E-state index contributed by atoms with van der Waals surface area (Å²) >= 11 is 1.60. The van der Waals surface area contributed by atoms with E-state index in [1.807, 2.05) is 18.5 Å². The normalized spacial score (nSPS) is 11.2. The van der Waals surface area contributed by atoms with Gasteiger partial charge in [-0.2, -0.15) is 5.10 Å². The number of fused-ring (bicyclic) bond motifs is 1. The van der Waals surface area contributed by atoms with Gasteiger partial charge in [0.1, 0.15) is 11.6 Å². The fourth-order valence-electron chi connectivity index (χ4n) is 2.95. The summed E-state index contributed by atoms with van der Waals surface area (Å²) in [6.45, 7) is 9.66. The quantitative estimate of drug-likeness (QED) is 0.383. The van der Waals surface area contributed by atoms with Crippen molar-refractivity contribution in [2.45, 2.75) is 52.2 Å². The minimum absolute atomic E-state index is 0.0713. The van der Waals surface area contributed by atoms with E-state index in [4.69, 9.17) is 4.52 Å². The van der Waals surface area contributed by atoms with Crippen LogP contribution in [-0.4, -0.2) is 49.7 Å². The second-order valence-electron chi connectivity index (χ2n) is 6.65. The first kappa shape index (κ1) is 21.1. The second kappa shape index (κ2) is 9.73. The van der Waals surface area contributed by atoms with Crippen molar-refractivity contribution in [2.75, 3.05) is 24.2 Å². The molecule has 29 heavy (non-hydrogen) atoms. The van der Waals surface area contributed by atoms with Gasteiger partial charge in [-0.15, -0.1) is 0 Å². The molecule has 0 fully saturated rings. The number of aryl methyl sites for hydroxylation is 2. The Morgan fingerprint density at radius 2 is 2.07 bits per heavy atom. The average Bonchev–Trinajstić information content (AvgIpc) is 3.25.